The maximum Gasteiger partial charge on any atom is 0.0543 e. The fourth-order valence-electron chi connectivity index (χ4n) is 2.53. The minimum absolute atomic E-state index is 0.341. The van der Waals surface area contributed by atoms with E-state index in [2.05, 4.69) is 59.4 Å². The lowest BCUT2D eigenvalue weighted by Gasteiger charge is -2.26. The van der Waals surface area contributed by atoms with Crippen LogP contribution >= 0.6 is 0 Å². The van der Waals surface area contributed by atoms with Crippen LogP contribution in [0.15, 0.2) is 48.7 Å². The standard InChI is InChI=1S/C18H25N3/c1-4-21(13-17-10-5-6-11-20-17)14-18(19-3)16-9-7-8-15(2)12-16/h5-12,18-19H,4,13-14H2,1-3H3. The molecule has 0 saturated carbocycles. The highest BCUT2D eigenvalue weighted by atomic mass is 15.1. The predicted octanol–water partition coefficient (Wildman–Crippen LogP) is 3.17. The van der Waals surface area contributed by atoms with Crippen LogP contribution in [-0.2, 0) is 6.54 Å². The first-order valence-electron chi connectivity index (χ1n) is 7.59. The zero-order valence-electron chi connectivity index (χ0n) is 13.2. The number of nitrogens with one attached hydrogen (secondary N) is 1. The molecule has 0 aliphatic carbocycles. The third-order valence-corrected chi connectivity index (χ3v) is 3.79. The molecule has 1 aromatic heterocycles. The van der Waals surface area contributed by atoms with Gasteiger partial charge in [-0.3, -0.25) is 9.88 Å². The van der Waals surface area contributed by atoms with Crippen LogP contribution in [0.5, 0.6) is 0 Å². The zero-order valence-corrected chi connectivity index (χ0v) is 13.2. The van der Waals surface area contributed by atoms with Crippen molar-refractivity contribution in [2.75, 3.05) is 20.1 Å². The molecule has 0 fully saturated rings. The van der Waals surface area contributed by atoms with Gasteiger partial charge in [0.2, 0.25) is 0 Å². The van der Waals surface area contributed by atoms with Crippen LogP contribution in [0.25, 0.3) is 0 Å². The smallest absolute Gasteiger partial charge is 0.0543 e. The van der Waals surface area contributed by atoms with Gasteiger partial charge in [-0.05, 0) is 38.2 Å². The second kappa shape index (κ2) is 7.91. The highest BCUT2D eigenvalue weighted by molar-refractivity contribution is 5.25. The molecule has 0 radical (unpaired) electrons. The summed E-state index contributed by atoms with van der Waals surface area (Å²) < 4.78 is 0. The fourth-order valence-corrected chi connectivity index (χ4v) is 2.53. The van der Waals surface area contributed by atoms with Gasteiger partial charge in [0.25, 0.3) is 0 Å². The predicted molar refractivity (Wildman–Crippen MR) is 88.2 cm³/mol. The van der Waals surface area contributed by atoms with Crippen LogP contribution in [0.2, 0.25) is 0 Å². The van der Waals surface area contributed by atoms with Crippen molar-refractivity contribution in [2.24, 2.45) is 0 Å². The van der Waals surface area contributed by atoms with E-state index in [0.29, 0.717) is 6.04 Å². The Bertz CT molecular complexity index is 539. The Balaban J connectivity index is 2.05. The maximum atomic E-state index is 4.42. The van der Waals surface area contributed by atoms with E-state index in [-0.39, 0.29) is 0 Å². The number of benzene rings is 1. The third-order valence-electron chi connectivity index (χ3n) is 3.79. The number of pyridine rings is 1. The van der Waals surface area contributed by atoms with Crippen molar-refractivity contribution in [2.45, 2.75) is 26.4 Å². The van der Waals surface area contributed by atoms with E-state index in [1.165, 1.54) is 11.1 Å². The topological polar surface area (TPSA) is 28.2 Å². The Labute approximate surface area is 128 Å². The first kappa shape index (κ1) is 15.7. The Morgan fingerprint density at radius 1 is 1.19 bits per heavy atom. The molecule has 1 atom stereocenters. The number of aromatic nitrogens is 1. The molecular weight excluding hydrogens is 258 g/mol. The molecule has 112 valence electrons. The first-order chi connectivity index (χ1) is 10.2. The van der Waals surface area contributed by atoms with Gasteiger partial charge in [0.15, 0.2) is 0 Å². The monoisotopic (exact) mass is 283 g/mol. The number of aryl methyl sites for hydroxylation is 1. The lowest BCUT2D eigenvalue weighted by Crippen LogP contribution is -2.33. The van der Waals surface area contributed by atoms with Crippen molar-refractivity contribution in [1.29, 1.82) is 0 Å². The van der Waals surface area contributed by atoms with Crippen LogP contribution in [0, 0.1) is 6.92 Å². The molecule has 3 nitrogen and oxygen atoms in total. The van der Waals surface area contributed by atoms with Crippen LogP contribution in [0.3, 0.4) is 0 Å². The average Bonchev–Trinajstić information content (AvgIpc) is 2.52. The van der Waals surface area contributed by atoms with Crippen LogP contribution < -0.4 is 5.32 Å². The van der Waals surface area contributed by atoms with Gasteiger partial charge in [-0.15, -0.1) is 0 Å². The molecule has 0 aliphatic heterocycles. The molecule has 0 bridgehead atoms. The van der Waals surface area contributed by atoms with Crippen LogP contribution in [0.1, 0.15) is 29.8 Å². The fraction of sp³-hybridized carbons (Fsp3) is 0.389. The van der Waals surface area contributed by atoms with Gasteiger partial charge in [0.05, 0.1) is 5.69 Å². The molecule has 0 saturated heterocycles. The minimum atomic E-state index is 0.341. The Morgan fingerprint density at radius 2 is 2.05 bits per heavy atom. The van der Waals surface area contributed by atoms with Crippen LogP contribution in [-0.4, -0.2) is 30.0 Å². The summed E-state index contributed by atoms with van der Waals surface area (Å²) in [7, 11) is 2.03. The second-order valence-electron chi connectivity index (χ2n) is 5.40. The number of hydrogen-bond acceptors (Lipinski definition) is 3. The molecule has 2 aromatic rings. The molecule has 1 N–H and O–H groups in total. The summed E-state index contributed by atoms with van der Waals surface area (Å²) in [6, 6.07) is 15.2. The zero-order chi connectivity index (χ0) is 15.1. The summed E-state index contributed by atoms with van der Waals surface area (Å²) in [5, 5.41) is 3.43. The summed E-state index contributed by atoms with van der Waals surface area (Å²) in [5.41, 5.74) is 3.77. The van der Waals surface area contributed by atoms with E-state index in [1.54, 1.807) is 0 Å². The maximum absolute atomic E-state index is 4.42. The van der Waals surface area contributed by atoms with Crippen molar-refractivity contribution in [3.63, 3.8) is 0 Å². The van der Waals surface area contributed by atoms with Gasteiger partial charge in [-0.25, -0.2) is 0 Å². The summed E-state index contributed by atoms with van der Waals surface area (Å²) in [6.45, 7) is 7.22. The van der Waals surface area contributed by atoms with Gasteiger partial charge in [-0.2, -0.15) is 0 Å². The largest absolute Gasteiger partial charge is 0.312 e. The molecule has 0 amide bonds. The molecule has 1 heterocycles. The van der Waals surface area contributed by atoms with Crippen molar-refractivity contribution >= 4 is 0 Å². The summed E-state index contributed by atoms with van der Waals surface area (Å²) in [5.74, 6) is 0. The summed E-state index contributed by atoms with van der Waals surface area (Å²) in [6.07, 6.45) is 1.86. The van der Waals surface area contributed by atoms with Crippen molar-refractivity contribution in [1.82, 2.24) is 15.2 Å². The summed E-state index contributed by atoms with van der Waals surface area (Å²) >= 11 is 0. The Hall–Kier alpha value is -1.71. The molecule has 0 spiro atoms. The van der Waals surface area contributed by atoms with E-state index >= 15 is 0 Å². The Kier molecular flexibility index (Phi) is 5.90. The van der Waals surface area contributed by atoms with E-state index in [4.69, 9.17) is 0 Å². The minimum Gasteiger partial charge on any atom is -0.312 e. The molecule has 21 heavy (non-hydrogen) atoms. The van der Waals surface area contributed by atoms with E-state index < -0.39 is 0 Å². The van der Waals surface area contributed by atoms with E-state index in [9.17, 15) is 0 Å². The molecule has 0 aliphatic rings. The van der Waals surface area contributed by atoms with Crippen molar-refractivity contribution < 1.29 is 0 Å². The third kappa shape index (κ3) is 4.66. The number of hydrogen-bond donors (Lipinski definition) is 1. The number of likely N-dealkylation sites (N-methyl/N-ethyl adjacent to an activating group) is 2. The lowest BCUT2D eigenvalue weighted by molar-refractivity contribution is 0.247. The average molecular weight is 283 g/mol. The van der Waals surface area contributed by atoms with Gasteiger partial charge >= 0.3 is 0 Å². The highest BCUT2D eigenvalue weighted by Gasteiger charge is 2.14. The Morgan fingerprint density at radius 3 is 2.67 bits per heavy atom. The molecule has 2 rings (SSSR count). The SMILES string of the molecule is CCN(Cc1ccccn1)CC(NC)c1cccc(C)c1. The van der Waals surface area contributed by atoms with E-state index in [1.807, 2.05) is 25.4 Å². The van der Waals surface area contributed by atoms with Gasteiger partial charge in [-0.1, -0.05) is 42.8 Å². The lowest BCUT2D eigenvalue weighted by atomic mass is 10.0. The quantitative estimate of drug-likeness (QED) is 0.846. The second-order valence-corrected chi connectivity index (χ2v) is 5.40. The molecule has 3 heteroatoms. The van der Waals surface area contributed by atoms with Gasteiger partial charge in [0, 0.05) is 25.3 Å². The molecule has 1 unspecified atom stereocenters. The molecule has 1 aromatic carbocycles. The normalized spacial score (nSPS) is 12.6. The van der Waals surface area contributed by atoms with Gasteiger partial charge in [0.1, 0.15) is 0 Å². The number of rotatable bonds is 7. The highest BCUT2D eigenvalue weighted by Crippen LogP contribution is 2.16. The van der Waals surface area contributed by atoms with E-state index in [0.717, 1.165) is 25.3 Å². The number of nitrogens with zero attached hydrogens (tertiary/aromatic N) is 2. The molecular formula is C18H25N3. The van der Waals surface area contributed by atoms with Crippen molar-refractivity contribution in [3.8, 4) is 0 Å². The summed E-state index contributed by atoms with van der Waals surface area (Å²) in [4.78, 5) is 6.85. The van der Waals surface area contributed by atoms with Gasteiger partial charge < -0.3 is 5.32 Å². The first-order valence-corrected chi connectivity index (χ1v) is 7.59. The van der Waals surface area contributed by atoms with Crippen molar-refractivity contribution in [3.05, 3.63) is 65.5 Å². The van der Waals surface area contributed by atoms with Crippen LogP contribution in [0.4, 0.5) is 0 Å².